The third kappa shape index (κ3) is 14.2. The summed E-state index contributed by atoms with van der Waals surface area (Å²) in [6.45, 7) is 10.5. The first-order chi connectivity index (χ1) is 34.9. The highest BCUT2D eigenvalue weighted by Gasteiger charge is 2.66. The molecule has 3 fully saturated rings. The first kappa shape index (κ1) is 58.2. The topological polar surface area (TPSA) is 308 Å². The smallest absolute Gasteiger partial charge is 0.333 e. The lowest BCUT2D eigenvalue weighted by Crippen LogP contribution is -2.60. The van der Waals surface area contributed by atoms with Crippen LogP contribution in [-0.4, -0.2) is 135 Å². The molecule has 75 heavy (non-hydrogen) atoms. The molecule has 3 saturated heterocycles. The van der Waals surface area contributed by atoms with Crippen LogP contribution >= 0.6 is 58.0 Å². The molecule has 0 radical (unpaired) electrons. The number of nitrogen functional groups attached to an aromatic ring is 1. The SMILES string of the molecule is CC(=O)N1N=C(c2ccc(N)cc2)c2cc3c(cc2C[C@H]1C)OCO3.CC1(C)O[C@@H]2[C@@H](CO[C@@]3(COS(N)(=O)=O)OC(C)(C)O[C@@H]23)O1.O=C1Nc2ccc(Cl)nc2C(c2ccccc2Cl)=NC1O.OC(O)C(Cl)(Cl)Cl. The summed E-state index contributed by atoms with van der Waals surface area (Å²) in [5.41, 5.74) is 11.8. The van der Waals surface area contributed by atoms with E-state index in [4.69, 9.17) is 116 Å². The Morgan fingerprint density at radius 2 is 1.60 bits per heavy atom. The van der Waals surface area contributed by atoms with Crippen LogP contribution in [0.1, 0.15) is 69.5 Å². The summed E-state index contributed by atoms with van der Waals surface area (Å²) in [6, 6.07) is 21.5. The third-order valence-corrected chi connectivity index (χ3v) is 13.0. The Bertz CT molecular complexity index is 2970. The Kier molecular flexibility index (Phi) is 17.7. The van der Waals surface area contributed by atoms with Gasteiger partial charge in [-0.1, -0.05) is 88.3 Å². The summed E-state index contributed by atoms with van der Waals surface area (Å²) in [6.07, 6.45) is -4.26. The van der Waals surface area contributed by atoms with E-state index >= 15 is 0 Å². The predicted molar refractivity (Wildman–Crippen MR) is 276 cm³/mol. The van der Waals surface area contributed by atoms with Crippen molar-refractivity contribution < 1.29 is 70.7 Å². The van der Waals surface area contributed by atoms with Crippen molar-refractivity contribution in [1.82, 2.24) is 9.99 Å². The number of aliphatic hydroxyl groups excluding tert-OH is 2. The summed E-state index contributed by atoms with van der Waals surface area (Å²) in [7, 11) is -4.14. The number of benzene rings is 3. The minimum Gasteiger partial charge on any atom is -0.454 e. The van der Waals surface area contributed by atoms with E-state index in [0.29, 0.717) is 45.5 Å². The maximum absolute atomic E-state index is 12.1. The van der Waals surface area contributed by atoms with E-state index in [0.717, 1.165) is 28.2 Å². The number of alkyl halides is 3. The van der Waals surface area contributed by atoms with Gasteiger partial charge in [0.2, 0.25) is 28.5 Å². The zero-order chi connectivity index (χ0) is 55.0. The van der Waals surface area contributed by atoms with Crippen molar-refractivity contribution in [2.75, 3.05) is 31.1 Å². The number of aliphatic hydroxyl groups is 3. The highest BCUT2D eigenvalue weighted by molar-refractivity contribution is 7.84. The lowest BCUT2D eigenvalue weighted by atomic mass is 9.94. The van der Waals surface area contributed by atoms with Crippen molar-refractivity contribution in [1.29, 1.82) is 0 Å². The molecule has 2 amide bonds. The van der Waals surface area contributed by atoms with Crippen molar-refractivity contribution in [3.63, 3.8) is 0 Å². The van der Waals surface area contributed by atoms with Crippen LogP contribution < -0.4 is 25.7 Å². The van der Waals surface area contributed by atoms with Crippen LogP contribution in [0, 0.1) is 0 Å². The monoisotopic (exact) mass is 1160 g/mol. The highest BCUT2D eigenvalue weighted by atomic mass is 35.6. The summed E-state index contributed by atoms with van der Waals surface area (Å²) >= 11 is 26.8. The van der Waals surface area contributed by atoms with Gasteiger partial charge in [-0.2, -0.15) is 13.5 Å². The van der Waals surface area contributed by atoms with Gasteiger partial charge in [-0.3, -0.25) is 13.8 Å². The standard InChI is InChI=1S/C19H19N3O3.C14H9Cl2N3O2.C12H21NO8S.C2H3Cl3O2/c1-11-7-14-8-17-18(25-10-24-17)9-16(14)19(21-22(11)12(2)23)13-3-5-15(20)6-4-13;15-8-4-2-1-3-7(8)11-12-9(5-6-10(16)18-12)17-13(20)14(21)19-11;1-10(2)18-7-5-16-12(6-17-22(13,14)15)9(8(7)19-10)20-11(3,4)21-12;3-2(4,5)1(6)7/h3-6,8-9,11H,7,10,20H2,1-2H3;1-6,14,21H,(H,17,20);7-9H,5-6H2,1-4H3,(H2,13,14,15);1,6-7H/t11-;;7-,8-,9+,12+;/m1.1./s1. The second-order valence-corrected chi connectivity index (χ2v) is 22.6. The van der Waals surface area contributed by atoms with E-state index in [1.54, 1.807) is 69.1 Å². The molecule has 6 atom stereocenters. The summed E-state index contributed by atoms with van der Waals surface area (Å²) in [5.74, 6) is -2.48. The molecule has 0 spiro atoms. The molecule has 6 aliphatic heterocycles. The fraction of sp³-hybridized carbons (Fsp3) is 0.426. The minimum absolute atomic E-state index is 0.0529. The molecule has 10 rings (SSSR count). The number of aromatic nitrogens is 1. The number of carbonyl (C=O) groups is 2. The van der Waals surface area contributed by atoms with Crippen molar-refractivity contribution in [3.05, 3.63) is 111 Å². The average Bonchev–Trinajstić information content (AvgIpc) is 3.94. The third-order valence-electron chi connectivity index (χ3n) is 11.5. The Balaban J connectivity index is 0.000000155. The number of hydrogen-bond acceptors (Lipinski definition) is 19. The summed E-state index contributed by atoms with van der Waals surface area (Å²) in [4.78, 5) is 32.1. The number of hydrazone groups is 1. The van der Waals surface area contributed by atoms with Gasteiger partial charge in [0.05, 0.1) is 34.8 Å². The number of nitrogens with one attached hydrogen (secondary N) is 1. The van der Waals surface area contributed by atoms with Gasteiger partial charge >= 0.3 is 10.3 Å². The summed E-state index contributed by atoms with van der Waals surface area (Å²) < 4.78 is 65.0. The highest BCUT2D eigenvalue weighted by Crippen LogP contribution is 2.48. The fourth-order valence-corrected chi connectivity index (χ4v) is 9.09. The molecule has 3 aromatic carbocycles. The number of fused-ring (bicyclic) bond motifs is 6. The van der Waals surface area contributed by atoms with E-state index < -0.39 is 68.7 Å². The Morgan fingerprint density at radius 3 is 2.23 bits per heavy atom. The number of pyridine rings is 1. The van der Waals surface area contributed by atoms with Gasteiger partial charge in [0, 0.05) is 29.3 Å². The predicted octanol–water partition coefficient (Wildman–Crippen LogP) is 5.31. The van der Waals surface area contributed by atoms with E-state index in [9.17, 15) is 23.1 Å². The molecule has 8 N–H and O–H groups in total. The number of ether oxygens (including phenoxy) is 7. The zero-order valence-corrected chi connectivity index (χ0v) is 45.3. The lowest BCUT2D eigenvalue weighted by molar-refractivity contribution is -0.290. The Morgan fingerprint density at radius 1 is 0.947 bits per heavy atom. The van der Waals surface area contributed by atoms with Gasteiger partial charge in [-0.05, 0) is 89.1 Å². The number of halogens is 5. The fourth-order valence-electron chi connectivity index (χ4n) is 8.39. The molecule has 406 valence electrons. The van der Waals surface area contributed by atoms with Crippen molar-refractivity contribution in [2.24, 2.45) is 15.2 Å². The average molecular weight is 1160 g/mol. The van der Waals surface area contributed by atoms with Crippen LogP contribution in [0.2, 0.25) is 10.2 Å². The van der Waals surface area contributed by atoms with Crippen LogP contribution in [0.4, 0.5) is 11.4 Å². The number of nitrogens with two attached hydrogens (primary N) is 2. The molecule has 28 heteroatoms. The van der Waals surface area contributed by atoms with E-state index in [-0.39, 0.29) is 36.6 Å². The van der Waals surface area contributed by atoms with Crippen LogP contribution in [0.15, 0.2) is 82.9 Å². The van der Waals surface area contributed by atoms with Crippen LogP contribution in [-0.2, 0) is 54.2 Å². The van der Waals surface area contributed by atoms with E-state index in [1.165, 1.54) is 6.92 Å². The molecule has 7 heterocycles. The molecule has 0 bridgehead atoms. The number of anilines is 2. The molecule has 4 aromatic rings. The first-order valence-corrected chi connectivity index (χ1v) is 25.9. The maximum atomic E-state index is 12.1. The molecule has 0 aliphatic carbocycles. The number of amides is 2. The van der Waals surface area contributed by atoms with Crippen molar-refractivity contribution >= 4 is 103 Å². The van der Waals surface area contributed by atoms with Gasteiger partial charge in [0.1, 0.15) is 35.8 Å². The number of hydrogen-bond donors (Lipinski definition) is 6. The van der Waals surface area contributed by atoms with Gasteiger partial charge in [0.15, 0.2) is 29.4 Å². The van der Waals surface area contributed by atoms with Crippen LogP contribution in [0.3, 0.4) is 0 Å². The first-order valence-electron chi connectivity index (χ1n) is 22.6. The van der Waals surface area contributed by atoms with Crippen LogP contribution in [0.25, 0.3) is 0 Å². The molecular formula is C47H52Cl5N7O15S. The normalized spacial score (nSPS) is 24.8. The largest absolute Gasteiger partial charge is 0.454 e. The molecular weight excluding hydrogens is 1110 g/mol. The van der Waals surface area contributed by atoms with Crippen molar-refractivity contribution in [2.45, 2.75) is 106 Å². The number of aliphatic imine (C=N–C) groups is 1. The zero-order valence-electron chi connectivity index (χ0n) is 40.7. The number of rotatable bonds is 5. The quantitative estimate of drug-likeness (QED) is 0.0638. The Hall–Kier alpha value is -4.51. The second kappa shape index (κ2) is 22.8. The lowest BCUT2D eigenvalue weighted by Gasteiger charge is -2.40. The summed E-state index contributed by atoms with van der Waals surface area (Å²) in [5, 5.41) is 40.3. The van der Waals surface area contributed by atoms with Crippen molar-refractivity contribution in [3.8, 4) is 11.5 Å². The molecule has 1 unspecified atom stereocenters. The molecule has 1 aromatic heterocycles. The van der Waals surface area contributed by atoms with E-state index in [1.807, 2.05) is 43.3 Å². The minimum atomic E-state index is -4.14. The van der Waals surface area contributed by atoms with Gasteiger partial charge in [-0.15, -0.1) is 0 Å². The maximum Gasteiger partial charge on any atom is 0.333 e. The van der Waals surface area contributed by atoms with E-state index in [2.05, 4.69) is 20.4 Å². The molecule has 0 saturated carbocycles. The van der Waals surface area contributed by atoms with Crippen LogP contribution in [0.5, 0.6) is 11.5 Å². The number of nitrogens with zero attached hydrogens (tertiary/aromatic N) is 4. The molecule has 22 nitrogen and oxygen atoms in total. The molecule has 6 aliphatic rings. The van der Waals surface area contributed by atoms with Gasteiger partial charge in [-0.25, -0.2) is 20.1 Å². The Labute approximate surface area is 455 Å². The van der Waals surface area contributed by atoms with Gasteiger partial charge < -0.3 is 59.5 Å². The number of carbonyl (C=O) groups excluding carboxylic acids is 2. The second-order valence-electron chi connectivity index (χ2n) is 18.2. The van der Waals surface area contributed by atoms with Gasteiger partial charge in [0.25, 0.3) is 5.91 Å².